The minimum absolute atomic E-state index is 0.0442. The van der Waals surface area contributed by atoms with E-state index in [9.17, 15) is 4.79 Å². The molecule has 4 aromatic rings. The number of aryl methyl sites for hydroxylation is 2. The Morgan fingerprint density at radius 1 is 1.03 bits per heavy atom. The number of anilines is 1. The van der Waals surface area contributed by atoms with Gasteiger partial charge in [0.15, 0.2) is 0 Å². The third kappa shape index (κ3) is 4.80. The maximum absolute atomic E-state index is 12.9. The summed E-state index contributed by atoms with van der Waals surface area (Å²) >= 11 is 6.17. The first-order chi connectivity index (χ1) is 16.6. The number of para-hydroxylation sites is 2. The Morgan fingerprint density at radius 3 is 2.68 bits per heavy atom. The number of carbonyl (C=O) groups excluding carboxylic acids is 1. The zero-order valence-electron chi connectivity index (χ0n) is 19.3. The Hall–Kier alpha value is -3.31. The molecule has 3 aromatic carbocycles. The number of hydrogen-bond acceptors (Lipinski definition) is 3. The molecule has 0 saturated carbocycles. The molecule has 5 nitrogen and oxygen atoms in total. The van der Waals surface area contributed by atoms with E-state index in [1.807, 2.05) is 59.5 Å². The quantitative estimate of drug-likeness (QED) is 0.279. The molecular formula is C28H28ClN3O2. The molecule has 0 N–H and O–H groups in total. The Labute approximate surface area is 204 Å². The third-order valence-corrected chi connectivity index (χ3v) is 6.60. The first-order valence-electron chi connectivity index (χ1n) is 11.8. The molecule has 0 aliphatic carbocycles. The summed E-state index contributed by atoms with van der Waals surface area (Å²) in [5, 5.41) is 0.633. The summed E-state index contributed by atoms with van der Waals surface area (Å²) in [5.41, 5.74) is 4.16. The lowest BCUT2D eigenvalue weighted by Crippen LogP contribution is -2.24. The molecule has 174 valence electrons. The predicted molar refractivity (Wildman–Crippen MR) is 137 cm³/mol. The standard InChI is InChI=1S/C28H28ClN3O2/c1-20-11-13-24(14-12-20)34-16-5-4-15-31-26-10-3-2-9-25(26)30-28(31)21-17-27(33)32(19-21)23-8-6-7-22(29)18-23/h2-3,6-14,18,21H,4-5,15-17,19H2,1H3/t21-/m1/s1. The Bertz CT molecular complexity index is 1300. The van der Waals surface area contributed by atoms with Gasteiger partial charge in [0.05, 0.1) is 17.6 Å². The van der Waals surface area contributed by atoms with Gasteiger partial charge in [0.2, 0.25) is 5.91 Å². The van der Waals surface area contributed by atoms with Crippen molar-refractivity contribution in [2.24, 2.45) is 0 Å². The van der Waals surface area contributed by atoms with E-state index in [0.717, 1.165) is 47.7 Å². The van der Waals surface area contributed by atoms with Crippen molar-refractivity contribution in [1.82, 2.24) is 9.55 Å². The molecule has 0 radical (unpaired) electrons. The first-order valence-corrected chi connectivity index (χ1v) is 12.2. The van der Waals surface area contributed by atoms with Gasteiger partial charge in [-0.15, -0.1) is 0 Å². The number of fused-ring (bicyclic) bond motifs is 1. The molecule has 1 saturated heterocycles. The highest BCUT2D eigenvalue weighted by molar-refractivity contribution is 6.30. The molecule has 1 atom stereocenters. The van der Waals surface area contributed by atoms with Crippen molar-refractivity contribution in [2.45, 2.75) is 38.6 Å². The molecule has 1 amide bonds. The number of nitrogens with zero attached hydrogens (tertiary/aromatic N) is 3. The maximum Gasteiger partial charge on any atom is 0.227 e. The average Bonchev–Trinajstić information content (AvgIpc) is 3.40. The summed E-state index contributed by atoms with van der Waals surface area (Å²) < 4.78 is 8.19. The molecule has 6 heteroatoms. The largest absolute Gasteiger partial charge is 0.494 e. The van der Waals surface area contributed by atoms with Crippen LogP contribution in [0.2, 0.25) is 5.02 Å². The molecule has 1 fully saturated rings. The van der Waals surface area contributed by atoms with Crippen molar-refractivity contribution in [2.75, 3.05) is 18.1 Å². The van der Waals surface area contributed by atoms with Crippen molar-refractivity contribution in [3.05, 3.63) is 89.2 Å². The average molecular weight is 474 g/mol. The highest BCUT2D eigenvalue weighted by Crippen LogP contribution is 2.34. The monoisotopic (exact) mass is 473 g/mol. The topological polar surface area (TPSA) is 47.4 Å². The third-order valence-electron chi connectivity index (χ3n) is 6.36. The molecule has 1 aromatic heterocycles. The fourth-order valence-corrected chi connectivity index (χ4v) is 4.80. The summed E-state index contributed by atoms with van der Waals surface area (Å²) in [4.78, 5) is 19.7. The maximum atomic E-state index is 12.9. The van der Waals surface area contributed by atoms with Crippen LogP contribution in [0.3, 0.4) is 0 Å². The number of aromatic nitrogens is 2. The van der Waals surface area contributed by atoms with E-state index in [0.29, 0.717) is 24.6 Å². The fourth-order valence-electron chi connectivity index (χ4n) is 4.61. The highest BCUT2D eigenvalue weighted by atomic mass is 35.5. The second kappa shape index (κ2) is 9.90. The van der Waals surface area contributed by atoms with E-state index in [1.165, 1.54) is 5.56 Å². The van der Waals surface area contributed by atoms with Gasteiger partial charge in [-0.25, -0.2) is 4.98 Å². The molecule has 1 aliphatic rings. The van der Waals surface area contributed by atoms with E-state index >= 15 is 0 Å². The van der Waals surface area contributed by atoms with Gasteiger partial charge in [-0.2, -0.15) is 0 Å². The Balaban J connectivity index is 1.29. The van der Waals surface area contributed by atoms with Gasteiger partial charge >= 0.3 is 0 Å². The molecule has 0 unspecified atom stereocenters. The predicted octanol–water partition coefficient (Wildman–Crippen LogP) is 6.38. The number of unbranched alkanes of at least 4 members (excludes halogenated alkanes) is 1. The SMILES string of the molecule is Cc1ccc(OCCCCn2c([C@@H]3CC(=O)N(c4cccc(Cl)c4)C3)nc3ccccc32)cc1. The molecule has 0 bridgehead atoms. The van der Waals surface area contributed by atoms with Gasteiger partial charge < -0.3 is 14.2 Å². The van der Waals surface area contributed by atoms with Crippen molar-refractivity contribution in [3.8, 4) is 5.75 Å². The molecule has 1 aliphatic heterocycles. The highest BCUT2D eigenvalue weighted by Gasteiger charge is 2.34. The summed E-state index contributed by atoms with van der Waals surface area (Å²) in [6.07, 6.45) is 2.36. The van der Waals surface area contributed by atoms with Gasteiger partial charge in [-0.05, 0) is 62.2 Å². The smallest absolute Gasteiger partial charge is 0.227 e. The van der Waals surface area contributed by atoms with Crippen LogP contribution in [0.4, 0.5) is 5.69 Å². The van der Waals surface area contributed by atoms with Gasteiger partial charge in [0, 0.05) is 36.1 Å². The van der Waals surface area contributed by atoms with Crippen molar-refractivity contribution in [3.63, 3.8) is 0 Å². The molecular weight excluding hydrogens is 446 g/mol. The van der Waals surface area contributed by atoms with Crippen LogP contribution in [0, 0.1) is 6.92 Å². The summed E-state index contributed by atoms with van der Waals surface area (Å²) in [6, 6.07) is 23.9. The number of carbonyl (C=O) groups is 1. The van der Waals surface area contributed by atoms with Crippen LogP contribution in [0.25, 0.3) is 11.0 Å². The second-order valence-electron chi connectivity index (χ2n) is 8.86. The van der Waals surface area contributed by atoms with Crippen LogP contribution in [0.15, 0.2) is 72.8 Å². The zero-order chi connectivity index (χ0) is 23.5. The minimum Gasteiger partial charge on any atom is -0.494 e. The number of amides is 1. The number of hydrogen-bond donors (Lipinski definition) is 0. The van der Waals surface area contributed by atoms with E-state index in [-0.39, 0.29) is 11.8 Å². The van der Waals surface area contributed by atoms with Crippen LogP contribution < -0.4 is 9.64 Å². The van der Waals surface area contributed by atoms with E-state index in [4.69, 9.17) is 21.3 Å². The molecule has 2 heterocycles. The lowest BCUT2D eigenvalue weighted by Gasteiger charge is -2.18. The van der Waals surface area contributed by atoms with Gasteiger partial charge in [-0.3, -0.25) is 4.79 Å². The minimum atomic E-state index is 0.0442. The number of ether oxygens (including phenoxy) is 1. The van der Waals surface area contributed by atoms with Gasteiger partial charge in [0.25, 0.3) is 0 Å². The zero-order valence-corrected chi connectivity index (χ0v) is 20.0. The van der Waals surface area contributed by atoms with Gasteiger partial charge in [0.1, 0.15) is 11.6 Å². The van der Waals surface area contributed by atoms with Crippen LogP contribution in [-0.4, -0.2) is 28.6 Å². The van der Waals surface area contributed by atoms with Crippen LogP contribution >= 0.6 is 11.6 Å². The number of rotatable bonds is 8. The number of halogens is 1. The summed E-state index contributed by atoms with van der Waals surface area (Å²) in [7, 11) is 0. The number of imidazole rings is 1. The van der Waals surface area contributed by atoms with Crippen LogP contribution in [0.1, 0.15) is 36.6 Å². The molecule has 34 heavy (non-hydrogen) atoms. The Kier molecular flexibility index (Phi) is 6.54. The van der Waals surface area contributed by atoms with E-state index in [1.54, 1.807) is 0 Å². The molecule has 0 spiro atoms. The number of benzene rings is 3. The van der Waals surface area contributed by atoms with Crippen molar-refractivity contribution in [1.29, 1.82) is 0 Å². The summed E-state index contributed by atoms with van der Waals surface area (Å²) in [5.74, 6) is 2.04. The second-order valence-corrected chi connectivity index (χ2v) is 9.30. The normalized spacial score (nSPS) is 15.9. The van der Waals surface area contributed by atoms with E-state index in [2.05, 4.69) is 29.7 Å². The van der Waals surface area contributed by atoms with Crippen molar-refractivity contribution >= 4 is 34.2 Å². The lowest BCUT2D eigenvalue weighted by molar-refractivity contribution is -0.117. The molecule has 5 rings (SSSR count). The van der Waals surface area contributed by atoms with Crippen LogP contribution in [0.5, 0.6) is 5.75 Å². The Morgan fingerprint density at radius 2 is 1.85 bits per heavy atom. The summed E-state index contributed by atoms with van der Waals surface area (Å²) in [6.45, 7) is 4.20. The fraction of sp³-hybridized carbons (Fsp3) is 0.286. The van der Waals surface area contributed by atoms with Crippen molar-refractivity contribution < 1.29 is 9.53 Å². The lowest BCUT2D eigenvalue weighted by atomic mass is 10.1. The van der Waals surface area contributed by atoms with E-state index < -0.39 is 0 Å². The first kappa shape index (κ1) is 22.5. The van der Waals surface area contributed by atoms with Gasteiger partial charge in [-0.1, -0.05) is 47.5 Å². The van der Waals surface area contributed by atoms with Crippen LogP contribution in [-0.2, 0) is 11.3 Å².